The fourth-order valence-corrected chi connectivity index (χ4v) is 2.28. The summed E-state index contributed by atoms with van der Waals surface area (Å²) in [7, 11) is 0. The van der Waals surface area contributed by atoms with Gasteiger partial charge in [0.25, 0.3) is 0 Å². The van der Waals surface area contributed by atoms with E-state index in [9.17, 15) is 4.79 Å². The SMILES string of the molecule is Cc1ccc(C(=O)O)c(NC2CCCCC2)n1. The number of hydrogen-bond donors (Lipinski definition) is 2. The lowest BCUT2D eigenvalue weighted by Crippen LogP contribution is -2.24. The number of hydrogen-bond acceptors (Lipinski definition) is 3. The minimum Gasteiger partial charge on any atom is -0.478 e. The van der Waals surface area contributed by atoms with Crippen LogP contribution in [-0.4, -0.2) is 22.1 Å². The second-order valence-corrected chi connectivity index (χ2v) is 4.63. The number of carboxylic acids is 1. The highest BCUT2D eigenvalue weighted by atomic mass is 16.4. The maximum Gasteiger partial charge on any atom is 0.339 e. The minimum atomic E-state index is -0.921. The summed E-state index contributed by atoms with van der Waals surface area (Å²) in [5, 5.41) is 12.4. The molecule has 1 aliphatic carbocycles. The van der Waals surface area contributed by atoms with E-state index in [1.807, 2.05) is 6.92 Å². The molecule has 0 spiro atoms. The van der Waals surface area contributed by atoms with E-state index in [4.69, 9.17) is 5.11 Å². The molecule has 1 aromatic rings. The topological polar surface area (TPSA) is 62.2 Å². The summed E-state index contributed by atoms with van der Waals surface area (Å²) in [5.74, 6) is -0.403. The van der Waals surface area contributed by atoms with Crippen LogP contribution in [0.15, 0.2) is 12.1 Å². The zero-order chi connectivity index (χ0) is 12.3. The Bertz CT molecular complexity index is 412. The van der Waals surface area contributed by atoms with E-state index >= 15 is 0 Å². The first kappa shape index (κ1) is 11.9. The van der Waals surface area contributed by atoms with Crippen LogP contribution in [0.1, 0.15) is 48.2 Å². The molecule has 1 heterocycles. The van der Waals surface area contributed by atoms with Crippen molar-refractivity contribution in [1.82, 2.24) is 4.98 Å². The van der Waals surface area contributed by atoms with Gasteiger partial charge in [0.05, 0.1) is 0 Å². The van der Waals surface area contributed by atoms with Crippen LogP contribution in [-0.2, 0) is 0 Å². The molecule has 2 N–H and O–H groups in total. The summed E-state index contributed by atoms with van der Waals surface area (Å²) >= 11 is 0. The smallest absolute Gasteiger partial charge is 0.339 e. The van der Waals surface area contributed by atoms with Crippen molar-refractivity contribution >= 4 is 11.8 Å². The summed E-state index contributed by atoms with van der Waals surface area (Å²) < 4.78 is 0. The molecule has 1 fully saturated rings. The zero-order valence-corrected chi connectivity index (χ0v) is 10.1. The maximum absolute atomic E-state index is 11.1. The summed E-state index contributed by atoms with van der Waals surface area (Å²) in [5.41, 5.74) is 1.11. The summed E-state index contributed by atoms with van der Waals surface area (Å²) in [6, 6.07) is 3.72. The van der Waals surface area contributed by atoms with Gasteiger partial charge in [0.1, 0.15) is 11.4 Å². The molecule has 0 saturated heterocycles. The molecular formula is C13H18N2O2. The highest BCUT2D eigenvalue weighted by Crippen LogP contribution is 2.22. The fraction of sp³-hybridized carbons (Fsp3) is 0.538. The van der Waals surface area contributed by atoms with Crippen molar-refractivity contribution in [3.8, 4) is 0 Å². The lowest BCUT2D eigenvalue weighted by Gasteiger charge is -2.24. The third-order valence-electron chi connectivity index (χ3n) is 3.21. The Hall–Kier alpha value is -1.58. The average molecular weight is 234 g/mol. The molecule has 1 saturated carbocycles. The molecule has 4 heteroatoms. The van der Waals surface area contributed by atoms with Crippen molar-refractivity contribution in [1.29, 1.82) is 0 Å². The highest BCUT2D eigenvalue weighted by Gasteiger charge is 2.17. The Kier molecular flexibility index (Phi) is 3.61. The summed E-state index contributed by atoms with van der Waals surface area (Å²) in [4.78, 5) is 15.4. The fourth-order valence-electron chi connectivity index (χ4n) is 2.28. The van der Waals surface area contributed by atoms with Crippen molar-refractivity contribution in [2.75, 3.05) is 5.32 Å². The van der Waals surface area contributed by atoms with E-state index < -0.39 is 5.97 Å². The van der Waals surface area contributed by atoms with Crippen LogP contribution in [0.5, 0.6) is 0 Å². The predicted molar refractivity (Wildman–Crippen MR) is 66.4 cm³/mol. The third kappa shape index (κ3) is 2.96. The largest absolute Gasteiger partial charge is 0.478 e. The molecule has 2 rings (SSSR count). The van der Waals surface area contributed by atoms with E-state index in [1.165, 1.54) is 19.3 Å². The maximum atomic E-state index is 11.1. The number of aromatic nitrogens is 1. The van der Waals surface area contributed by atoms with Crippen molar-refractivity contribution in [3.63, 3.8) is 0 Å². The second-order valence-electron chi connectivity index (χ2n) is 4.63. The third-order valence-corrected chi connectivity index (χ3v) is 3.21. The molecule has 0 aromatic carbocycles. The van der Waals surface area contributed by atoms with E-state index in [1.54, 1.807) is 12.1 Å². The van der Waals surface area contributed by atoms with E-state index in [0.29, 0.717) is 11.9 Å². The normalized spacial score (nSPS) is 16.8. The van der Waals surface area contributed by atoms with Gasteiger partial charge in [-0.1, -0.05) is 19.3 Å². The van der Waals surface area contributed by atoms with Crippen molar-refractivity contribution in [2.24, 2.45) is 0 Å². The minimum absolute atomic E-state index is 0.265. The van der Waals surface area contributed by atoms with Gasteiger partial charge < -0.3 is 10.4 Å². The molecular weight excluding hydrogens is 216 g/mol. The van der Waals surface area contributed by atoms with Crippen LogP contribution < -0.4 is 5.32 Å². The molecule has 1 aliphatic rings. The number of rotatable bonds is 3. The zero-order valence-electron chi connectivity index (χ0n) is 10.1. The van der Waals surface area contributed by atoms with Crippen LogP contribution >= 0.6 is 0 Å². The molecule has 4 nitrogen and oxygen atoms in total. The lowest BCUT2D eigenvalue weighted by atomic mass is 9.95. The number of carbonyl (C=O) groups is 1. The van der Waals surface area contributed by atoms with Gasteiger partial charge in [0, 0.05) is 11.7 Å². The molecule has 17 heavy (non-hydrogen) atoms. The Morgan fingerprint density at radius 3 is 2.71 bits per heavy atom. The lowest BCUT2D eigenvalue weighted by molar-refractivity contribution is 0.0697. The Morgan fingerprint density at radius 2 is 2.06 bits per heavy atom. The van der Waals surface area contributed by atoms with Crippen LogP contribution in [0, 0.1) is 6.92 Å². The van der Waals surface area contributed by atoms with Gasteiger partial charge in [-0.2, -0.15) is 0 Å². The number of carboxylic acid groups (broad SMARTS) is 1. The monoisotopic (exact) mass is 234 g/mol. The van der Waals surface area contributed by atoms with Crippen molar-refractivity contribution in [3.05, 3.63) is 23.4 Å². The first-order chi connectivity index (χ1) is 8.16. The van der Waals surface area contributed by atoms with Crippen LogP contribution in [0.3, 0.4) is 0 Å². The standard InChI is InChI=1S/C13H18N2O2/c1-9-7-8-11(13(16)17)12(14-9)15-10-5-3-2-4-6-10/h7-8,10H,2-6H2,1H3,(H,14,15)(H,16,17). The molecule has 0 unspecified atom stereocenters. The van der Waals surface area contributed by atoms with Crippen LogP contribution in [0.25, 0.3) is 0 Å². The van der Waals surface area contributed by atoms with Crippen LogP contribution in [0.2, 0.25) is 0 Å². The van der Waals surface area contributed by atoms with Crippen molar-refractivity contribution in [2.45, 2.75) is 45.1 Å². The highest BCUT2D eigenvalue weighted by molar-refractivity contribution is 5.93. The summed E-state index contributed by atoms with van der Waals surface area (Å²) in [6.45, 7) is 1.87. The first-order valence-electron chi connectivity index (χ1n) is 6.14. The van der Waals surface area contributed by atoms with Gasteiger partial charge in [-0.25, -0.2) is 9.78 Å². The quantitative estimate of drug-likeness (QED) is 0.844. The van der Waals surface area contributed by atoms with Gasteiger partial charge in [-0.3, -0.25) is 0 Å². The molecule has 0 atom stereocenters. The number of nitrogens with one attached hydrogen (secondary N) is 1. The number of pyridine rings is 1. The molecule has 0 radical (unpaired) electrons. The average Bonchev–Trinajstić information content (AvgIpc) is 2.30. The number of nitrogens with zero attached hydrogens (tertiary/aromatic N) is 1. The molecule has 92 valence electrons. The van der Waals surface area contributed by atoms with Gasteiger partial charge in [0.15, 0.2) is 0 Å². The van der Waals surface area contributed by atoms with E-state index in [-0.39, 0.29) is 5.56 Å². The van der Waals surface area contributed by atoms with Crippen molar-refractivity contribution < 1.29 is 9.90 Å². The summed E-state index contributed by atoms with van der Waals surface area (Å²) in [6.07, 6.45) is 5.92. The Morgan fingerprint density at radius 1 is 1.35 bits per heavy atom. The van der Waals surface area contributed by atoms with Gasteiger partial charge in [-0.05, 0) is 31.9 Å². The second kappa shape index (κ2) is 5.17. The Balaban J connectivity index is 2.17. The van der Waals surface area contributed by atoms with E-state index in [2.05, 4.69) is 10.3 Å². The molecule has 1 aromatic heterocycles. The first-order valence-corrected chi connectivity index (χ1v) is 6.14. The molecule has 0 aliphatic heterocycles. The predicted octanol–water partition coefficient (Wildman–Crippen LogP) is 2.83. The van der Waals surface area contributed by atoms with Gasteiger partial charge in [0.2, 0.25) is 0 Å². The van der Waals surface area contributed by atoms with Gasteiger partial charge >= 0.3 is 5.97 Å². The van der Waals surface area contributed by atoms with Crippen LogP contribution in [0.4, 0.5) is 5.82 Å². The number of aromatic carboxylic acids is 1. The molecule has 0 bridgehead atoms. The van der Waals surface area contributed by atoms with E-state index in [0.717, 1.165) is 18.5 Å². The van der Waals surface area contributed by atoms with Gasteiger partial charge in [-0.15, -0.1) is 0 Å². The number of anilines is 1. The number of aryl methyl sites for hydroxylation is 1. The Labute approximate surface area is 101 Å². The molecule has 0 amide bonds.